The maximum absolute atomic E-state index is 12.5. The number of hydrogen-bond donors (Lipinski definition) is 1. The molecule has 0 aliphatic carbocycles. The highest BCUT2D eigenvalue weighted by atomic mass is 32.2. The van der Waals surface area contributed by atoms with Gasteiger partial charge in [-0.25, -0.2) is 12.7 Å². The molecule has 1 amide bonds. The number of aryl methyl sites for hydroxylation is 1. The normalized spacial score (nSPS) is 17.6. The van der Waals surface area contributed by atoms with Crippen LogP contribution in [0.4, 0.5) is 0 Å². The molecule has 0 aromatic heterocycles. The van der Waals surface area contributed by atoms with E-state index in [2.05, 4.69) is 5.32 Å². The molecule has 116 valence electrons. The largest absolute Gasteiger partial charge is 0.359 e. The fourth-order valence-electron chi connectivity index (χ4n) is 2.66. The Morgan fingerprint density at radius 1 is 1.29 bits per heavy atom. The average molecular weight is 310 g/mol. The van der Waals surface area contributed by atoms with Crippen molar-refractivity contribution in [2.24, 2.45) is 5.92 Å². The van der Waals surface area contributed by atoms with E-state index in [1.54, 1.807) is 7.05 Å². The monoisotopic (exact) mass is 310 g/mol. The van der Waals surface area contributed by atoms with Crippen LogP contribution in [0.25, 0.3) is 0 Å². The van der Waals surface area contributed by atoms with Crippen molar-refractivity contribution in [2.75, 3.05) is 20.1 Å². The Labute approximate surface area is 126 Å². The van der Waals surface area contributed by atoms with Gasteiger partial charge in [-0.3, -0.25) is 4.79 Å². The Morgan fingerprint density at radius 3 is 2.48 bits per heavy atom. The van der Waals surface area contributed by atoms with Crippen molar-refractivity contribution < 1.29 is 13.2 Å². The Morgan fingerprint density at radius 2 is 1.90 bits per heavy atom. The lowest BCUT2D eigenvalue weighted by Crippen LogP contribution is -2.42. The second-order valence-electron chi connectivity index (χ2n) is 5.47. The van der Waals surface area contributed by atoms with Gasteiger partial charge in [0.15, 0.2) is 0 Å². The van der Waals surface area contributed by atoms with E-state index in [4.69, 9.17) is 0 Å². The molecule has 0 saturated carbocycles. The van der Waals surface area contributed by atoms with Gasteiger partial charge in [0.1, 0.15) is 0 Å². The van der Waals surface area contributed by atoms with Gasteiger partial charge in [0.25, 0.3) is 0 Å². The highest BCUT2D eigenvalue weighted by Crippen LogP contribution is 2.22. The first-order valence-corrected chi connectivity index (χ1v) is 8.79. The molecule has 1 fully saturated rings. The maximum atomic E-state index is 12.5. The van der Waals surface area contributed by atoms with Crippen LogP contribution < -0.4 is 5.32 Å². The van der Waals surface area contributed by atoms with Crippen molar-refractivity contribution in [1.29, 1.82) is 0 Å². The minimum Gasteiger partial charge on any atom is -0.359 e. The van der Waals surface area contributed by atoms with Crippen molar-refractivity contribution >= 4 is 15.9 Å². The molecule has 1 aliphatic rings. The van der Waals surface area contributed by atoms with E-state index in [0.717, 1.165) is 11.1 Å². The smallest absolute Gasteiger partial charge is 0.222 e. The molecule has 0 radical (unpaired) electrons. The number of carbonyl (C=O) groups excluding carboxylic acids is 1. The highest BCUT2D eigenvalue weighted by Gasteiger charge is 2.30. The Kier molecular flexibility index (Phi) is 5.00. The predicted octanol–water partition coefficient (Wildman–Crippen LogP) is 1.28. The number of benzene rings is 1. The van der Waals surface area contributed by atoms with Crippen molar-refractivity contribution in [3.05, 3.63) is 35.4 Å². The zero-order valence-corrected chi connectivity index (χ0v) is 13.3. The number of carbonyl (C=O) groups is 1. The molecule has 0 bridgehead atoms. The van der Waals surface area contributed by atoms with E-state index in [9.17, 15) is 13.2 Å². The van der Waals surface area contributed by atoms with Crippen molar-refractivity contribution in [1.82, 2.24) is 9.62 Å². The first kappa shape index (κ1) is 16.0. The lowest BCUT2D eigenvalue weighted by atomic mass is 9.97. The van der Waals surface area contributed by atoms with E-state index in [-0.39, 0.29) is 17.6 Å². The lowest BCUT2D eigenvalue weighted by Gasteiger charge is -2.30. The van der Waals surface area contributed by atoms with E-state index in [1.807, 2.05) is 31.2 Å². The Hall–Kier alpha value is -1.40. The van der Waals surface area contributed by atoms with Gasteiger partial charge in [-0.15, -0.1) is 0 Å². The number of nitrogens with zero attached hydrogens (tertiary/aromatic N) is 1. The highest BCUT2D eigenvalue weighted by molar-refractivity contribution is 7.88. The van der Waals surface area contributed by atoms with E-state index in [1.165, 1.54) is 4.31 Å². The summed E-state index contributed by atoms with van der Waals surface area (Å²) in [7, 11) is -1.70. The van der Waals surface area contributed by atoms with E-state index < -0.39 is 10.0 Å². The van der Waals surface area contributed by atoms with E-state index in [0.29, 0.717) is 25.9 Å². The number of amides is 1. The molecule has 0 unspecified atom stereocenters. The van der Waals surface area contributed by atoms with Gasteiger partial charge < -0.3 is 5.32 Å². The number of sulfonamides is 1. The summed E-state index contributed by atoms with van der Waals surface area (Å²) < 4.78 is 26.5. The third-order valence-corrected chi connectivity index (χ3v) is 5.89. The third kappa shape index (κ3) is 3.83. The van der Waals surface area contributed by atoms with Crippen LogP contribution in [0.3, 0.4) is 0 Å². The first-order valence-electron chi connectivity index (χ1n) is 7.18. The summed E-state index contributed by atoms with van der Waals surface area (Å²) in [5, 5.41) is 2.63. The molecule has 5 nitrogen and oxygen atoms in total. The maximum Gasteiger partial charge on any atom is 0.222 e. The number of nitrogens with one attached hydrogen (secondary N) is 1. The van der Waals surface area contributed by atoms with Crippen LogP contribution in [0.1, 0.15) is 24.0 Å². The average Bonchev–Trinajstić information content (AvgIpc) is 2.49. The fourth-order valence-corrected chi connectivity index (χ4v) is 4.33. The van der Waals surface area contributed by atoms with Crippen molar-refractivity contribution in [2.45, 2.75) is 25.5 Å². The molecular formula is C15H22N2O3S. The van der Waals surface area contributed by atoms with Crippen LogP contribution in [0, 0.1) is 12.8 Å². The first-order chi connectivity index (χ1) is 9.94. The van der Waals surface area contributed by atoms with Crippen LogP contribution >= 0.6 is 0 Å². The van der Waals surface area contributed by atoms with Gasteiger partial charge in [0.05, 0.1) is 5.75 Å². The molecular weight excluding hydrogens is 288 g/mol. The summed E-state index contributed by atoms with van der Waals surface area (Å²) in [5.41, 5.74) is 1.83. The van der Waals surface area contributed by atoms with Crippen molar-refractivity contribution in [3.8, 4) is 0 Å². The summed E-state index contributed by atoms with van der Waals surface area (Å²) >= 11 is 0. The second kappa shape index (κ2) is 6.58. The van der Waals surface area contributed by atoms with Gasteiger partial charge >= 0.3 is 0 Å². The molecule has 21 heavy (non-hydrogen) atoms. The summed E-state index contributed by atoms with van der Waals surface area (Å²) in [5.74, 6) is -0.0320. The molecule has 0 atom stereocenters. The molecule has 1 saturated heterocycles. The number of rotatable bonds is 4. The summed E-state index contributed by atoms with van der Waals surface area (Å²) in [6.07, 6.45) is 1.18. The molecule has 1 N–H and O–H groups in total. The SMILES string of the molecule is CNC(=O)C1CCN(S(=O)(=O)Cc2ccccc2C)CC1. The quantitative estimate of drug-likeness (QED) is 0.911. The molecule has 1 heterocycles. The molecule has 6 heteroatoms. The van der Waals surface area contributed by atoms with Gasteiger partial charge in [-0.1, -0.05) is 24.3 Å². The standard InChI is InChI=1S/C15H22N2O3S/c1-12-5-3-4-6-14(12)11-21(19,20)17-9-7-13(8-10-17)15(18)16-2/h3-6,13H,7-11H2,1-2H3,(H,16,18). The number of piperidine rings is 1. The zero-order valence-electron chi connectivity index (χ0n) is 12.5. The van der Waals surface area contributed by atoms with Gasteiger partial charge in [-0.05, 0) is 30.9 Å². The van der Waals surface area contributed by atoms with Crippen LogP contribution in [0.2, 0.25) is 0 Å². The lowest BCUT2D eigenvalue weighted by molar-refractivity contribution is -0.125. The summed E-state index contributed by atoms with van der Waals surface area (Å²) in [6, 6.07) is 7.53. The summed E-state index contributed by atoms with van der Waals surface area (Å²) in [4.78, 5) is 11.6. The molecule has 1 aliphatic heterocycles. The van der Waals surface area contributed by atoms with Crippen LogP contribution in [-0.2, 0) is 20.6 Å². The van der Waals surface area contributed by atoms with Crippen LogP contribution in [-0.4, -0.2) is 38.8 Å². The molecule has 1 aromatic carbocycles. The second-order valence-corrected chi connectivity index (χ2v) is 7.44. The topological polar surface area (TPSA) is 66.5 Å². The fraction of sp³-hybridized carbons (Fsp3) is 0.533. The molecule has 2 rings (SSSR count). The molecule has 1 aromatic rings. The third-order valence-electron chi connectivity index (χ3n) is 4.06. The van der Waals surface area contributed by atoms with Crippen LogP contribution in [0.15, 0.2) is 24.3 Å². The zero-order chi connectivity index (χ0) is 15.5. The molecule has 0 spiro atoms. The summed E-state index contributed by atoms with van der Waals surface area (Å²) in [6.45, 7) is 2.77. The van der Waals surface area contributed by atoms with Crippen LogP contribution in [0.5, 0.6) is 0 Å². The van der Waals surface area contributed by atoms with Gasteiger partial charge in [-0.2, -0.15) is 0 Å². The van der Waals surface area contributed by atoms with Gasteiger partial charge in [0, 0.05) is 26.1 Å². The number of hydrogen-bond acceptors (Lipinski definition) is 3. The Balaban J connectivity index is 2.02. The van der Waals surface area contributed by atoms with E-state index >= 15 is 0 Å². The van der Waals surface area contributed by atoms with Crippen molar-refractivity contribution in [3.63, 3.8) is 0 Å². The minimum atomic E-state index is -3.31. The Bertz CT molecular complexity index is 605. The minimum absolute atomic E-state index is 0.00551. The van der Waals surface area contributed by atoms with Gasteiger partial charge in [0.2, 0.25) is 15.9 Å². The predicted molar refractivity (Wildman–Crippen MR) is 82.2 cm³/mol.